The van der Waals surface area contributed by atoms with Crippen LogP contribution in [0.2, 0.25) is 0 Å². The highest BCUT2D eigenvalue weighted by atomic mass is 32.2. The largest absolute Gasteiger partial charge is 0.507 e. The number of ketones is 1. The van der Waals surface area contributed by atoms with Crippen LogP contribution in [0.15, 0.2) is 47.4 Å². The molecule has 162 valence electrons. The summed E-state index contributed by atoms with van der Waals surface area (Å²) in [7, 11) is 0. The fraction of sp³-hybridized carbons (Fsp3) is 0.400. The summed E-state index contributed by atoms with van der Waals surface area (Å²) in [6.07, 6.45) is 13.1. The Morgan fingerprint density at radius 2 is 1.43 bits per heavy atom. The third-order valence-corrected chi connectivity index (χ3v) is 6.08. The van der Waals surface area contributed by atoms with Crippen molar-refractivity contribution < 1.29 is 20.1 Å². The minimum absolute atomic E-state index is 0.0147. The highest BCUT2D eigenvalue weighted by Gasteiger charge is 2.10. The van der Waals surface area contributed by atoms with Crippen LogP contribution >= 0.6 is 11.8 Å². The topological polar surface area (TPSA) is 77.8 Å². The smallest absolute Gasteiger partial charge is 0.185 e. The van der Waals surface area contributed by atoms with Crippen LogP contribution in [0.4, 0.5) is 0 Å². The molecule has 0 bridgehead atoms. The summed E-state index contributed by atoms with van der Waals surface area (Å²) in [6, 6.07) is 9.90. The maximum Gasteiger partial charge on any atom is 0.185 e. The van der Waals surface area contributed by atoms with Crippen molar-refractivity contribution in [3.8, 4) is 17.2 Å². The molecule has 3 N–H and O–H groups in total. The lowest BCUT2D eigenvalue weighted by molar-refractivity contribution is 0.104. The molecule has 0 unspecified atom stereocenters. The van der Waals surface area contributed by atoms with Gasteiger partial charge in [-0.3, -0.25) is 4.79 Å². The van der Waals surface area contributed by atoms with Crippen molar-refractivity contribution in [1.29, 1.82) is 0 Å². The number of aromatic hydroxyl groups is 3. The first-order valence-corrected chi connectivity index (χ1v) is 11.7. The number of phenols is 3. The Hall–Kier alpha value is -2.40. The molecule has 0 saturated carbocycles. The van der Waals surface area contributed by atoms with E-state index in [1.165, 1.54) is 75.7 Å². The Labute approximate surface area is 183 Å². The summed E-state index contributed by atoms with van der Waals surface area (Å²) in [5.41, 5.74) is 0.544. The summed E-state index contributed by atoms with van der Waals surface area (Å²) in [6.45, 7) is 2.24. The highest BCUT2D eigenvalue weighted by Crippen LogP contribution is 2.35. The van der Waals surface area contributed by atoms with E-state index in [2.05, 4.69) is 6.92 Å². The standard InChI is InChI=1S/C25H32O4S/c1-2-3-4-5-6-7-8-9-18-30-20-12-10-19(11-13-20)22(26)15-14-21-23(27)16-17-24(28)25(21)29/h10-17,27-29H,2-9,18H2,1H3. The second kappa shape index (κ2) is 13.0. The van der Waals surface area contributed by atoms with Crippen LogP contribution in [0.25, 0.3) is 6.08 Å². The van der Waals surface area contributed by atoms with E-state index in [4.69, 9.17) is 0 Å². The van der Waals surface area contributed by atoms with Gasteiger partial charge in [-0.25, -0.2) is 0 Å². The van der Waals surface area contributed by atoms with Crippen LogP contribution in [0.1, 0.15) is 74.2 Å². The molecule has 0 aromatic heterocycles. The van der Waals surface area contributed by atoms with Crippen LogP contribution in [-0.2, 0) is 0 Å². The normalized spacial score (nSPS) is 11.2. The summed E-state index contributed by atoms with van der Waals surface area (Å²) >= 11 is 1.81. The highest BCUT2D eigenvalue weighted by molar-refractivity contribution is 7.99. The van der Waals surface area contributed by atoms with Crippen molar-refractivity contribution in [3.63, 3.8) is 0 Å². The van der Waals surface area contributed by atoms with Gasteiger partial charge in [-0.05, 0) is 60.7 Å². The third-order valence-electron chi connectivity index (χ3n) is 4.98. The van der Waals surface area contributed by atoms with Gasteiger partial charge in [-0.15, -0.1) is 11.8 Å². The quantitative estimate of drug-likeness (QED) is 0.0805. The van der Waals surface area contributed by atoms with Gasteiger partial charge in [0.15, 0.2) is 17.3 Å². The van der Waals surface area contributed by atoms with E-state index < -0.39 is 5.75 Å². The van der Waals surface area contributed by atoms with Crippen molar-refractivity contribution >= 4 is 23.6 Å². The van der Waals surface area contributed by atoms with Gasteiger partial charge in [0, 0.05) is 10.5 Å². The molecule has 0 amide bonds. The Bertz CT molecular complexity index is 828. The van der Waals surface area contributed by atoms with Gasteiger partial charge >= 0.3 is 0 Å². The first-order valence-electron chi connectivity index (χ1n) is 10.7. The van der Waals surface area contributed by atoms with Crippen molar-refractivity contribution in [2.45, 2.75) is 63.2 Å². The van der Waals surface area contributed by atoms with Gasteiger partial charge in [-0.1, -0.05) is 51.9 Å². The zero-order valence-electron chi connectivity index (χ0n) is 17.6. The first kappa shape index (κ1) is 23.9. The van der Waals surface area contributed by atoms with Crippen LogP contribution in [0, 0.1) is 0 Å². The maximum atomic E-state index is 12.3. The number of hydrogen-bond donors (Lipinski definition) is 3. The molecular weight excluding hydrogens is 396 g/mol. The monoisotopic (exact) mass is 428 g/mol. The molecule has 0 radical (unpaired) electrons. The number of phenolic OH excluding ortho intramolecular Hbond substituents is 3. The van der Waals surface area contributed by atoms with E-state index >= 15 is 0 Å². The van der Waals surface area contributed by atoms with Crippen molar-refractivity contribution in [2.75, 3.05) is 5.75 Å². The summed E-state index contributed by atoms with van der Waals surface area (Å²) < 4.78 is 0. The van der Waals surface area contributed by atoms with Gasteiger partial charge in [0.25, 0.3) is 0 Å². The van der Waals surface area contributed by atoms with Crippen molar-refractivity contribution in [1.82, 2.24) is 0 Å². The van der Waals surface area contributed by atoms with Crippen LogP contribution in [0.5, 0.6) is 17.2 Å². The van der Waals surface area contributed by atoms with E-state index in [0.717, 1.165) is 10.6 Å². The molecular formula is C25H32O4S. The summed E-state index contributed by atoms with van der Waals surface area (Å²) in [5.74, 6) is -0.165. The van der Waals surface area contributed by atoms with Crippen molar-refractivity contribution in [3.05, 3.63) is 53.6 Å². The fourth-order valence-corrected chi connectivity index (χ4v) is 4.06. The Kier molecular flexibility index (Phi) is 10.4. The Morgan fingerprint density at radius 1 is 0.833 bits per heavy atom. The van der Waals surface area contributed by atoms with E-state index in [-0.39, 0.29) is 22.8 Å². The number of benzene rings is 2. The molecule has 2 rings (SSSR count). The fourth-order valence-electron chi connectivity index (χ4n) is 3.15. The molecule has 0 saturated heterocycles. The van der Waals surface area contributed by atoms with Gasteiger partial charge in [0.05, 0.1) is 5.56 Å². The molecule has 5 heteroatoms. The average molecular weight is 429 g/mol. The molecule has 0 fully saturated rings. The Morgan fingerprint density at radius 3 is 2.10 bits per heavy atom. The van der Waals surface area contributed by atoms with E-state index in [1.54, 1.807) is 23.9 Å². The molecule has 0 aliphatic carbocycles. The minimum Gasteiger partial charge on any atom is -0.507 e. The van der Waals surface area contributed by atoms with E-state index in [9.17, 15) is 20.1 Å². The van der Waals surface area contributed by atoms with Gasteiger partial charge in [-0.2, -0.15) is 0 Å². The van der Waals surface area contributed by atoms with E-state index in [1.807, 2.05) is 12.1 Å². The second-order valence-corrected chi connectivity index (χ2v) is 8.58. The van der Waals surface area contributed by atoms with E-state index in [0.29, 0.717) is 5.56 Å². The molecule has 0 aliphatic heterocycles. The predicted molar refractivity (Wildman–Crippen MR) is 125 cm³/mol. The first-order chi connectivity index (χ1) is 14.5. The number of carbonyl (C=O) groups is 1. The van der Waals surface area contributed by atoms with Gasteiger partial charge < -0.3 is 15.3 Å². The molecule has 0 heterocycles. The third kappa shape index (κ3) is 7.79. The minimum atomic E-state index is -0.452. The molecule has 0 aliphatic rings. The SMILES string of the molecule is CCCCCCCCCCSc1ccc(C(=O)C=Cc2c(O)ccc(O)c2O)cc1. The Balaban J connectivity index is 1.76. The zero-order valence-corrected chi connectivity index (χ0v) is 18.5. The number of hydrogen-bond acceptors (Lipinski definition) is 5. The molecule has 4 nitrogen and oxygen atoms in total. The number of allylic oxidation sites excluding steroid dienone is 1. The lowest BCUT2D eigenvalue weighted by Crippen LogP contribution is -1.94. The molecule has 30 heavy (non-hydrogen) atoms. The number of thioether (sulfide) groups is 1. The van der Waals surface area contributed by atoms with Gasteiger partial charge in [0.2, 0.25) is 0 Å². The molecule has 2 aromatic carbocycles. The summed E-state index contributed by atoms with van der Waals surface area (Å²) in [4.78, 5) is 13.5. The molecule has 0 spiro atoms. The number of carbonyl (C=O) groups excluding carboxylic acids is 1. The average Bonchev–Trinajstić information content (AvgIpc) is 2.75. The lowest BCUT2D eigenvalue weighted by atomic mass is 10.1. The number of rotatable bonds is 13. The molecule has 2 aromatic rings. The van der Waals surface area contributed by atoms with Gasteiger partial charge in [0.1, 0.15) is 5.75 Å². The summed E-state index contributed by atoms with van der Waals surface area (Å²) in [5, 5.41) is 29.1. The van der Waals surface area contributed by atoms with Crippen LogP contribution < -0.4 is 0 Å². The second-order valence-electron chi connectivity index (χ2n) is 7.41. The van der Waals surface area contributed by atoms with Crippen LogP contribution in [-0.4, -0.2) is 26.9 Å². The van der Waals surface area contributed by atoms with Crippen molar-refractivity contribution in [2.24, 2.45) is 0 Å². The predicted octanol–water partition coefficient (Wildman–Crippen LogP) is 6.93. The maximum absolute atomic E-state index is 12.3. The molecule has 0 atom stereocenters. The van der Waals surface area contributed by atoms with Crippen LogP contribution in [0.3, 0.4) is 0 Å². The zero-order chi connectivity index (χ0) is 21.8. The lowest BCUT2D eigenvalue weighted by Gasteiger charge is -2.05. The number of unbranched alkanes of at least 4 members (excludes halogenated alkanes) is 7.